The first kappa shape index (κ1) is 19.3. The lowest BCUT2D eigenvalue weighted by molar-refractivity contribution is -0.122. The van der Waals surface area contributed by atoms with E-state index in [-0.39, 0.29) is 23.3 Å². The molecule has 1 aromatic carbocycles. The molecule has 0 aromatic heterocycles. The first-order valence-corrected chi connectivity index (χ1v) is 8.85. The number of rotatable bonds is 3. The minimum absolute atomic E-state index is 0.00532. The molecule has 2 N–H and O–H groups in total. The van der Waals surface area contributed by atoms with Gasteiger partial charge in [-0.25, -0.2) is 4.79 Å². The molecule has 1 aliphatic carbocycles. The van der Waals surface area contributed by atoms with Crippen LogP contribution in [0.1, 0.15) is 59.9 Å². The van der Waals surface area contributed by atoms with Crippen LogP contribution in [0.25, 0.3) is 0 Å². The molecular weight excluding hydrogens is 316 g/mol. The number of carbonyl (C=O) groups excluding carboxylic acids is 2. The van der Waals surface area contributed by atoms with Gasteiger partial charge in [0.1, 0.15) is 5.60 Å². The van der Waals surface area contributed by atoms with Crippen molar-refractivity contribution in [1.82, 2.24) is 5.32 Å². The predicted octanol–water partition coefficient (Wildman–Crippen LogP) is 4.23. The summed E-state index contributed by atoms with van der Waals surface area (Å²) in [7, 11) is 0. The maximum Gasteiger partial charge on any atom is 0.407 e. The predicted molar refractivity (Wildman–Crippen MR) is 99.7 cm³/mol. The summed E-state index contributed by atoms with van der Waals surface area (Å²) in [5.41, 5.74) is 1.62. The topological polar surface area (TPSA) is 67.4 Å². The van der Waals surface area contributed by atoms with E-state index in [4.69, 9.17) is 4.74 Å². The summed E-state index contributed by atoms with van der Waals surface area (Å²) in [5.74, 6) is -0.0621. The van der Waals surface area contributed by atoms with Gasteiger partial charge in [0.05, 0.1) is 0 Å². The molecule has 0 saturated heterocycles. The standard InChI is InChI=1S/C20H30N2O3/c1-19(2,3)14-7-9-15(10-8-14)21-17(23)13-11-16(12-13)22-18(24)25-20(4,5)6/h7-10,13,16H,11-12H2,1-6H3,(H,21,23)(H,22,24). The average molecular weight is 346 g/mol. The molecule has 5 nitrogen and oxygen atoms in total. The summed E-state index contributed by atoms with van der Waals surface area (Å²) in [4.78, 5) is 24.0. The number of hydrogen-bond donors (Lipinski definition) is 2. The Morgan fingerprint density at radius 1 is 1.00 bits per heavy atom. The van der Waals surface area contributed by atoms with Crippen LogP contribution in [0.2, 0.25) is 0 Å². The molecule has 1 aromatic rings. The number of anilines is 1. The highest BCUT2D eigenvalue weighted by atomic mass is 16.6. The van der Waals surface area contributed by atoms with Crippen LogP contribution < -0.4 is 10.6 Å². The van der Waals surface area contributed by atoms with Gasteiger partial charge >= 0.3 is 6.09 Å². The number of nitrogens with one attached hydrogen (secondary N) is 2. The van der Waals surface area contributed by atoms with Crippen LogP contribution in [0, 0.1) is 5.92 Å². The number of ether oxygens (including phenoxy) is 1. The van der Waals surface area contributed by atoms with E-state index in [9.17, 15) is 9.59 Å². The third kappa shape index (κ3) is 5.76. The number of amides is 2. The van der Waals surface area contributed by atoms with E-state index in [1.165, 1.54) is 5.56 Å². The minimum Gasteiger partial charge on any atom is -0.444 e. The Morgan fingerprint density at radius 2 is 1.56 bits per heavy atom. The molecule has 1 saturated carbocycles. The van der Waals surface area contributed by atoms with Crippen LogP contribution in [0.3, 0.4) is 0 Å². The van der Waals surface area contributed by atoms with Crippen molar-refractivity contribution in [3.8, 4) is 0 Å². The highest BCUT2D eigenvalue weighted by Crippen LogP contribution is 2.29. The van der Waals surface area contributed by atoms with E-state index in [2.05, 4.69) is 31.4 Å². The van der Waals surface area contributed by atoms with E-state index >= 15 is 0 Å². The lowest BCUT2D eigenvalue weighted by atomic mass is 9.79. The molecule has 0 aliphatic heterocycles. The fraction of sp³-hybridized carbons (Fsp3) is 0.600. The zero-order valence-electron chi connectivity index (χ0n) is 16.1. The van der Waals surface area contributed by atoms with Crippen LogP contribution in [0.15, 0.2) is 24.3 Å². The minimum atomic E-state index is -0.510. The van der Waals surface area contributed by atoms with Gasteiger partial charge in [0, 0.05) is 17.6 Å². The van der Waals surface area contributed by atoms with Crippen molar-refractivity contribution in [2.45, 2.75) is 71.4 Å². The second-order valence-corrected chi connectivity index (χ2v) is 8.83. The van der Waals surface area contributed by atoms with Crippen molar-refractivity contribution in [2.75, 3.05) is 5.32 Å². The van der Waals surface area contributed by atoms with Gasteiger partial charge in [-0.05, 0) is 56.7 Å². The maximum absolute atomic E-state index is 12.3. The van der Waals surface area contributed by atoms with Gasteiger partial charge in [0.2, 0.25) is 5.91 Å². The van der Waals surface area contributed by atoms with E-state index in [0.29, 0.717) is 12.8 Å². The average Bonchev–Trinajstić information content (AvgIpc) is 2.39. The van der Waals surface area contributed by atoms with Gasteiger partial charge in [0.15, 0.2) is 0 Å². The first-order valence-electron chi connectivity index (χ1n) is 8.85. The van der Waals surface area contributed by atoms with E-state index in [1.54, 1.807) is 0 Å². The van der Waals surface area contributed by atoms with E-state index in [1.807, 2.05) is 45.0 Å². The van der Waals surface area contributed by atoms with Crippen LogP contribution in [-0.4, -0.2) is 23.6 Å². The zero-order chi connectivity index (χ0) is 18.8. The number of alkyl carbamates (subject to hydrolysis) is 1. The van der Waals surface area contributed by atoms with Crippen molar-refractivity contribution < 1.29 is 14.3 Å². The van der Waals surface area contributed by atoms with Crippen LogP contribution in [0.5, 0.6) is 0 Å². The molecule has 138 valence electrons. The van der Waals surface area contributed by atoms with Crippen molar-refractivity contribution in [1.29, 1.82) is 0 Å². The van der Waals surface area contributed by atoms with Crippen molar-refractivity contribution in [3.05, 3.63) is 29.8 Å². The molecule has 0 radical (unpaired) electrons. The maximum atomic E-state index is 12.3. The van der Waals surface area contributed by atoms with Gasteiger partial charge in [-0.3, -0.25) is 4.79 Å². The van der Waals surface area contributed by atoms with Crippen LogP contribution in [0.4, 0.5) is 10.5 Å². The molecule has 0 bridgehead atoms. The van der Waals surface area contributed by atoms with E-state index in [0.717, 1.165) is 5.69 Å². The highest BCUT2D eigenvalue weighted by molar-refractivity contribution is 5.93. The molecular formula is C20H30N2O3. The second kappa shape index (κ2) is 7.06. The van der Waals surface area contributed by atoms with Gasteiger partial charge in [-0.15, -0.1) is 0 Å². The number of benzene rings is 1. The molecule has 1 fully saturated rings. The molecule has 0 atom stereocenters. The monoisotopic (exact) mass is 346 g/mol. The lowest BCUT2D eigenvalue weighted by Crippen LogP contribution is -2.49. The molecule has 0 heterocycles. The van der Waals surface area contributed by atoms with E-state index < -0.39 is 11.7 Å². The normalized spacial score (nSPS) is 20.4. The van der Waals surface area contributed by atoms with Crippen molar-refractivity contribution >= 4 is 17.7 Å². The quantitative estimate of drug-likeness (QED) is 0.861. The summed E-state index contributed by atoms with van der Waals surface area (Å²) in [6.07, 6.45) is 0.866. The van der Waals surface area contributed by atoms with Crippen LogP contribution in [-0.2, 0) is 14.9 Å². The summed E-state index contributed by atoms with van der Waals surface area (Å²) in [6, 6.07) is 7.97. The van der Waals surface area contributed by atoms with Crippen molar-refractivity contribution in [3.63, 3.8) is 0 Å². The highest BCUT2D eigenvalue weighted by Gasteiger charge is 2.36. The number of carbonyl (C=O) groups is 2. The largest absolute Gasteiger partial charge is 0.444 e. The Bertz CT molecular complexity index is 618. The molecule has 2 amide bonds. The fourth-order valence-electron chi connectivity index (χ4n) is 2.72. The Morgan fingerprint density at radius 3 is 2.04 bits per heavy atom. The summed E-state index contributed by atoms with van der Waals surface area (Å²) < 4.78 is 5.22. The third-order valence-electron chi connectivity index (χ3n) is 4.25. The smallest absolute Gasteiger partial charge is 0.407 e. The third-order valence-corrected chi connectivity index (χ3v) is 4.25. The Balaban J connectivity index is 1.78. The van der Waals surface area contributed by atoms with Gasteiger partial charge in [-0.1, -0.05) is 32.9 Å². The molecule has 0 spiro atoms. The van der Waals surface area contributed by atoms with Gasteiger partial charge < -0.3 is 15.4 Å². The Labute approximate surface area is 150 Å². The zero-order valence-corrected chi connectivity index (χ0v) is 16.1. The summed E-state index contributed by atoms with van der Waals surface area (Å²) in [6.45, 7) is 12.0. The van der Waals surface area contributed by atoms with Gasteiger partial charge in [-0.2, -0.15) is 0 Å². The molecule has 1 aliphatic rings. The summed E-state index contributed by atoms with van der Waals surface area (Å²) in [5, 5.41) is 5.76. The lowest BCUT2D eigenvalue weighted by Gasteiger charge is -2.35. The molecule has 25 heavy (non-hydrogen) atoms. The van der Waals surface area contributed by atoms with Crippen LogP contribution >= 0.6 is 0 Å². The van der Waals surface area contributed by atoms with Crippen molar-refractivity contribution in [2.24, 2.45) is 5.92 Å². The second-order valence-electron chi connectivity index (χ2n) is 8.83. The van der Waals surface area contributed by atoms with Gasteiger partial charge in [0.25, 0.3) is 0 Å². The molecule has 2 rings (SSSR count). The first-order chi connectivity index (χ1) is 11.4. The summed E-state index contributed by atoms with van der Waals surface area (Å²) >= 11 is 0. The molecule has 5 heteroatoms. The SMILES string of the molecule is CC(C)(C)OC(=O)NC1CC(C(=O)Nc2ccc(C(C)(C)C)cc2)C1. The Hall–Kier alpha value is -2.04. The fourth-order valence-corrected chi connectivity index (χ4v) is 2.72. The Kier molecular flexibility index (Phi) is 5.45. The molecule has 0 unspecified atom stereocenters. The number of hydrogen-bond acceptors (Lipinski definition) is 3.